The van der Waals surface area contributed by atoms with Crippen LogP contribution >= 0.6 is 15.9 Å². The lowest BCUT2D eigenvalue weighted by molar-refractivity contribution is 0.152. The third-order valence-corrected chi connectivity index (χ3v) is 4.78. The van der Waals surface area contributed by atoms with Crippen LogP contribution in [-0.2, 0) is 6.54 Å². The zero-order valence-electron chi connectivity index (χ0n) is 11.3. The molecule has 0 amide bonds. The van der Waals surface area contributed by atoms with Crippen LogP contribution in [0.1, 0.15) is 32.3 Å². The minimum absolute atomic E-state index is 0.823. The first-order chi connectivity index (χ1) is 8.56. The maximum absolute atomic E-state index is 5.77. The molecular weight excluding hydrogens is 288 g/mol. The summed E-state index contributed by atoms with van der Waals surface area (Å²) >= 11 is 3.60. The minimum atomic E-state index is 0.823. The molecule has 1 aliphatic rings. The third-order valence-electron chi connectivity index (χ3n) is 4.05. The Morgan fingerprint density at radius 2 is 2.00 bits per heavy atom. The van der Waals surface area contributed by atoms with Crippen LogP contribution < -0.4 is 5.73 Å². The first-order valence-corrected chi connectivity index (χ1v) is 7.62. The summed E-state index contributed by atoms with van der Waals surface area (Å²) in [5.74, 6) is 1.74. The van der Waals surface area contributed by atoms with Crippen molar-refractivity contribution in [1.29, 1.82) is 0 Å². The first-order valence-electron chi connectivity index (χ1n) is 6.82. The Hall–Kier alpha value is -0.540. The van der Waals surface area contributed by atoms with Crippen molar-refractivity contribution in [1.82, 2.24) is 4.90 Å². The molecular formula is C15H23BrN2. The molecule has 1 heterocycles. The van der Waals surface area contributed by atoms with Crippen LogP contribution in [0.25, 0.3) is 0 Å². The maximum atomic E-state index is 5.77. The van der Waals surface area contributed by atoms with Crippen LogP contribution in [0, 0.1) is 11.8 Å². The van der Waals surface area contributed by atoms with E-state index in [0.29, 0.717) is 0 Å². The van der Waals surface area contributed by atoms with Crippen molar-refractivity contribution in [2.45, 2.75) is 33.2 Å². The summed E-state index contributed by atoms with van der Waals surface area (Å²) in [5, 5.41) is 0. The molecule has 1 fully saturated rings. The van der Waals surface area contributed by atoms with Gasteiger partial charge in [-0.05, 0) is 55.5 Å². The summed E-state index contributed by atoms with van der Waals surface area (Å²) in [7, 11) is 0. The molecule has 0 spiro atoms. The van der Waals surface area contributed by atoms with Crippen molar-refractivity contribution in [2.24, 2.45) is 11.8 Å². The van der Waals surface area contributed by atoms with E-state index in [1.807, 2.05) is 12.1 Å². The Morgan fingerprint density at radius 3 is 2.56 bits per heavy atom. The van der Waals surface area contributed by atoms with Crippen LogP contribution in [0.2, 0.25) is 0 Å². The minimum Gasteiger partial charge on any atom is -0.399 e. The van der Waals surface area contributed by atoms with E-state index in [9.17, 15) is 0 Å². The van der Waals surface area contributed by atoms with Crippen LogP contribution in [0.3, 0.4) is 0 Å². The predicted molar refractivity (Wildman–Crippen MR) is 81.4 cm³/mol. The van der Waals surface area contributed by atoms with Crippen LogP contribution in [0.5, 0.6) is 0 Å². The van der Waals surface area contributed by atoms with Gasteiger partial charge in [-0.25, -0.2) is 0 Å². The number of hydrogen-bond acceptors (Lipinski definition) is 2. The van der Waals surface area contributed by atoms with E-state index in [-0.39, 0.29) is 0 Å². The third kappa shape index (κ3) is 3.48. The highest BCUT2D eigenvalue weighted by Gasteiger charge is 2.21. The van der Waals surface area contributed by atoms with E-state index >= 15 is 0 Å². The second kappa shape index (κ2) is 6.07. The van der Waals surface area contributed by atoms with Crippen molar-refractivity contribution < 1.29 is 0 Å². The van der Waals surface area contributed by atoms with Gasteiger partial charge in [0.05, 0.1) is 0 Å². The Bertz CT molecular complexity index is 395. The van der Waals surface area contributed by atoms with E-state index in [1.54, 1.807) is 0 Å². The zero-order valence-corrected chi connectivity index (χ0v) is 12.9. The van der Waals surface area contributed by atoms with Gasteiger partial charge in [-0.3, -0.25) is 4.90 Å². The topological polar surface area (TPSA) is 29.3 Å². The van der Waals surface area contributed by atoms with E-state index in [0.717, 1.165) is 28.5 Å². The Balaban J connectivity index is 1.91. The van der Waals surface area contributed by atoms with Crippen molar-refractivity contribution in [3.05, 3.63) is 28.2 Å². The molecule has 1 aromatic carbocycles. The summed E-state index contributed by atoms with van der Waals surface area (Å²) in [4.78, 5) is 2.55. The fourth-order valence-electron chi connectivity index (χ4n) is 2.71. The Kier molecular flexibility index (Phi) is 4.68. The molecule has 2 N–H and O–H groups in total. The van der Waals surface area contributed by atoms with Gasteiger partial charge in [0.15, 0.2) is 0 Å². The number of nitrogens with zero attached hydrogens (tertiary/aromatic N) is 1. The molecule has 1 aromatic rings. The lowest BCUT2D eigenvalue weighted by Gasteiger charge is -2.34. The van der Waals surface area contributed by atoms with Crippen molar-refractivity contribution in [3.63, 3.8) is 0 Å². The van der Waals surface area contributed by atoms with E-state index in [4.69, 9.17) is 5.73 Å². The maximum Gasteiger partial charge on any atom is 0.0325 e. The highest BCUT2D eigenvalue weighted by atomic mass is 79.9. The average Bonchev–Trinajstić information content (AvgIpc) is 2.33. The van der Waals surface area contributed by atoms with Gasteiger partial charge < -0.3 is 5.73 Å². The quantitative estimate of drug-likeness (QED) is 0.858. The largest absolute Gasteiger partial charge is 0.399 e. The molecule has 0 radical (unpaired) electrons. The molecule has 0 aromatic heterocycles. The van der Waals surface area contributed by atoms with Gasteiger partial charge in [0, 0.05) is 16.7 Å². The lowest BCUT2D eigenvalue weighted by atomic mass is 9.86. The molecule has 0 saturated carbocycles. The molecule has 2 rings (SSSR count). The second-order valence-electron chi connectivity index (χ2n) is 5.71. The fourth-order valence-corrected chi connectivity index (χ4v) is 3.23. The monoisotopic (exact) mass is 310 g/mol. The zero-order chi connectivity index (χ0) is 13.1. The molecule has 100 valence electrons. The normalized spacial score (nSPS) is 18.4. The highest BCUT2D eigenvalue weighted by Crippen LogP contribution is 2.27. The number of anilines is 1. The summed E-state index contributed by atoms with van der Waals surface area (Å²) in [6.45, 7) is 8.17. The van der Waals surface area contributed by atoms with Gasteiger partial charge in [-0.15, -0.1) is 0 Å². The Morgan fingerprint density at radius 1 is 1.33 bits per heavy atom. The summed E-state index contributed by atoms with van der Waals surface area (Å²) in [5.41, 5.74) is 7.93. The van der Waals surface area contributed by atoms with Gasteiger partial charge >= 0.3 is 0 Å². The lowest BCUT2D eigenvalue weighted by Crippen LogP contribution is -2.34. The van der Waals surface area contributed by atoms with Gasteiger partial charge in [0.25, 0.3) is 0 Å². The number of nitrogens with two attached hydrogens (primary N) is 1. The summed E-state index contributed by atoms with van der Waals surface area (Å²) in [6.07, 6.45) is 2.68. The molecule has 0 aliphatic carbocycles. The molecule has 0 atom stereocenters. The first kappa shape index (κ1) is 13.9. The number of nitrogen functional groups attached to an aromatic ring is 1. The molecule has 0 bridgehead atoms. The van der Waals surface area contributed by atoms with Crippen molar-refractivity contribution in [3.8, 4) is 0 Å². The highest BCUT2D eigenvalue weighted by molar-refractivity contribution is 9.10. The number of halogens is 1. The summed E-state index contributed by atoms with van der Waals surface area (Å²) < 4.78 is 1.13. The number of piperidine rings is 1. The molecule has 1 saturated heterocycles. The molecule has 0 unspecified atom stereocenters. The van der Waals surface area contributed by atoms with Crippen LogP contribution in [0.4, 0.5) is 5.69 Å². The molecule has 18 heavy (non-hydrogen) atoms. The number of likely N-dealkylation sites (tertiary alicyclic amines) is 1. The van der Waals surface area contributed by atoms with Crippen molar-refractivity contribution >= 4 is 21.6 Å². The van der Waals surface area contributed by atoms with Gasteiger partial charge in [0.1, 0.15) is 0 Å². The second-order valence-corrected chi connectivity index (χ2v) is 6.56. The van der Waals surface area contributed by atoms with Crippen molar-refractivity contribution in [2.75, 3.05) is 18.8 Å². The van der Waals surface area contributed by atoms with Gasteiger partial charge in [-0.1, -0.05) is 35.8 Å². The van der Waals surface area contributed by atoms with Crippen LogP contribution in [0.15, 0.2) is 22.7 Å². The molecule has 3 heteroatoms. The van der Waals surface area contributed by atoms with Crippen LogP contribution in [-0.4, -0.2) is 18.0 Å². The van der Waals surface area contributed by atoms with E-state index in [2.05, 4.69) is 40.7 Å². The number of rotatable bonds is 3. The number of benzene rings is 1. The van der Waals surface area contributed by atoms with Gasteiger partial charge in [0.2, 0.25) is 0 Å². The fraction of sp³-hybridized carbons (Fsp3) is 0.600. The summed E-state index contributed by atoms with van der Waals surface area (Å²) in [6, 6.07) is 6.12. The van der Waals surface area contributed by atoms with E-state index < -0.39 is 0 Å². The average molecular weight is 311 g/mol. The van der Waals surface area contributed by atoms with Gasteiger partial charge in [-0.2, -0.15) is 0 Å². The standard InChI is InChI=1S/C15H23BrN2/c1-11(2)12-5-7-18(8-6-12)10-13-3-4-14(17)9-15(13)16/h3-4,9,11-12H,5-8,10,17H2,1-2H3. The molecule has 2 nitrogen and oxygen atoms in total. The van der Waals surface area contributed by atoms with E-state index in [1.165, 1.54) is 31.5 Å². The predicted octanol–water partition coefficient (Wildman–Crippen LogP) is 3.90. The SMILES string of the molecule is CC(C)C1CCN(Cc2ccc(N)cc2Br)CC1. The smallest absolute Gasteiger partial charge is 0.0325 e. The molecule has 1 aliphatic heterocycles. The Labute approximate surface area is 119 Å². The number of hydrogen-bond donors (Lipinski definition) is 1.